The van der Waals surface area contributed by atoms with Crippen LogP contribution in [0.4, 0.5) is 10.1 Å². The number of halogens is 1. The van der Waals surface area contributed by atoms with Crippen molar-refractivity contribution >= 4 is 5.69 Å². The number of rotatable bonds is 5. The molecule has 20 heavy (non-hydrogen) atoms. The van der Waals surface area contributed by atoms with E-state index in [1.165, 1.54) is 25.0 Å². The van der Waals surface area contributed by atoms with E-state index in [2.05, 4.69) is 15.3 Å². The SMILES string of the molecule is O=[N+]([O-])c1cc(-c2cnc(CNC3CC3)[nH]2)ccc1F. The third-order valence-electron chi connectivity index (χ3n) is 3.22. The number of nitrogens with one attached hydrogen (secondary N) is 2. The maximum atomic E-state index is 13.3. The Morgan fingerprint density at radius 1 is 1.50 bits per heavy atom. The molecule has 7 heteroatoms. The van der Waals surface area contributed by atoms with E-state index in [-0.39, 0.29) is 0 Å². The molecule has 1 heterocycles. The van der Waals surface area contributed by atoms with Crippen molar-refractivity contribution in [1.29, 1.82) is 0 Å². The van der Waals surface area contributed by atoms with Crippen LogP contribution in [-0.4, -0.2) is 20.9 Å². The van der Waals surface area contributed by atoms with Crippen molar-refractivity contribution in [3.05, 3.63) is 46.2 Å². The number of aromatic amines is 1. The number of aromatic nitrogens is 2. The van der Waals surface area contributed by atoms with Crippen molar-refractivity contribution in [2.24, 2.45) is 0 Å². The summed E-state index contributed by atoms with van der Waals surface area (Å²) in [6.45, 7) is 0.633. The second-order valence-corrected chi connectivity index (χ2v) is 4.82. The number of hydrogen-bond donors (Lipinski definition) is 2. The average Bonchev–Trinajstić information content (AvgIpc) is 3.14. The molecule has 104 valence electrons. The average molecular weight is 276 g/mol. The van der Waals surface area contributed by atoms with Crippen molar-refractivity contribution in [2.45, 2.75) is 25.4 Å². The molecule has 6 nitrogen and oxygen atoms in total. The van der Waals surface area contributed by atoms with Crippen LogP contribution in [0.5, 0.6) is 0 Å². The molecule has 0 saturated heterocycles. The summed E-state index contributed by atoms with van der Waals surface area (Å²) in [5.74, 6) is -0.0761. The highest BCUT2D eigenvalue weighted by molar-refractivity contribution is 5.62. The summed E-state index contributed by atoms with van der Waals surface area (Å²) in [7, 11) is 0. The lowest BCUT2D eigenvalue weighted by Crippen LogP contribution is -2.16. The van der Waals surface area contributed by atoms with E-state index in [0.29, 0.717) is 23.8 Å². The molecule has 0 atom stereocenters. The van der Waals surface area contributed by atoms with Crippen LogP contribution in [0.15, 0.2) is 24.4 Å². The first-order chi connectivity index (χ1) is 9.63. The zero-order valence-electron chi connectivity index (χ0n) is 10.6. The number of benzene rings is 1. The second-order valence-electron chi connectivity index (χ2n) is 4.82. The standard InChI is InChI=1S/C13H13FN4O2/c14-10-4-1-8(5-12(10)18(19)20)11-6-16-13(17-11)7-15-9-2-3-9/h1,4-6,9,15H,2-3,7H2,(H,16,17). The molecular weight excluding hydrogens is 263 g/mol. The highest BCUT2D eigenvalue weighted by atomic mass is 19.1. The maximum Gasteiger partial charge on any atom is 0.305 e. The Bertz CT molecular complexity index is 652. The lowest BCUT2D eigenvalue weighted by molar-refractivity contribution is -0.387. The van der Waals surface area contributed by atoms with Gasteiger partial charge in [-0.25, -0.2) is 4.98 Å². The topological polar surface area (TPSA) is 83.8 Å². The zero-order valence-corrected chi connectivity index (χ0v) is 10.6. The number of imidazole rings is 1. The van der Waals surface area contributed by atoms with E-state index >= 15 is 0 Å². The largest absolute Gasteiger partial charge is 0.341 e. The normalized spacial score (nSPS) is 14.4. The van der Waals surface area contributed by atoms with Crippen molar-refractivity contribution in [2.75, 3.05) is 0 Å². The van der Waals surface area contributed by atoms with Gasteiger partial charge in [0, 0.05) is 17.7 Å². The van der Waals surface area contributed by atoms with Gasteiger partial charge in [-0.2, -0.15) is 4.39 Å². The molecule has 1 aromatic heterocycles. The quantitative estimate of drug-likeness (QED) is 0.648. The van der Waals surface area contributed by atoms with Crippen LogP contribution >= 0.6 is 0 Å². The van der Waals surface area contributed by atoms with Gasteiger partial charge in [-0.15, -0.1) is 0 Å². The molecule has 1 aliphatic rings. The Hall–Kier alpha value is -2.28. The van der Waals surface area contributed by atoms with Crippen molar-refractivity contribution in [1.82, 2.24) is 15.3 Å². The lowest BCUT2D eigenvalue weighted by atomic mass is 10.1. The predicted octanol–water partition coefficient (Wildman–Crippen LogP) is 2.38. The van der Waals surface area contributed by atoms with Crippen molar-refractivity contribution in [3.63, 3.8) is 0 Å². The molecule has 0 amide bonds. The molecule has 1 fully saturated rings. The van der Waals surface area contributed by atoms with Gasteiger partial charge in [0.15, 0.2) is 0 Å². The molecule has 2 N–H and O–H groups in total. The molecule has 3 rings (SSSR count). The first-order valence-corrected chi connectivity index (χ1v) is 6.35. The summed E-state index contributed by atoms with van der Waals surface area (Å²) < 4.78 is 13.3. The molecule has 1 saturated carbocycles. The maximum absolute atomic E-state index is 13.3. The van der Waals surface area contributed by atoms with Gasteiger partial charge in [0.2, 0.25) is 5.82 Å². The number of nitrogens with zero attached hydrogens (tertiary/aromatic N) is 2. The molecule has 0 radical (unpaired) electrons. The summed E-state index contributed by atoms with van der Waals surface area (Å²) in [5, 5.41) is 14.0. The third kappa shape index (κ3) is 2.67. The third-order valence-corrected chi connectivity index (χ3v) is 3.22. The lowest BCUT2D eigenvalue weighted by Gasteiger charge is -2.00. The van der Waals surface area contributed by atoms with Crippen LogP contribution < -0.4 is 5.32 Å². The molecule has 0 spiro atoms. The molecular formula is C13H13FN4O2. The summed E-state index contributed by atoms with van der Waals surface area (Å²) in [4.78, 5) is 17.3. The van der Waals surface area contributed by atoms with E-state index in [1.807, 2.05) is 0 Å². The van der Waals surface area contributed by atoms with E-state index in [1.54, 1.807) is 6.20 Å². The van der Waals surface area contributed by atoms with Crippen LogP contribution in [0.2, 0.25) is 0 Å². The summed E-state index contributed by atoms with van der Waals surface area (Å²) in [6, 6.07) is 4.38. The Morgan fingerprint density at radius 2 is 2.30 bits per heavy atom. The number of hydrogen-bond acceptors (Lipinski definition) is 4. The van der Waals surface area contributed by atoms with Crippen molar-refractivity contribution in [3.8, 4) is 11.3 Å². The zero-order chi connectivity index (χ0) is 14.1. The Morgan fingerprint density at radius 3 is 3.00 bits per heavy atom. The van der Waals surface area contributed by atoms with Gasteiger partial charge in [-0.1, -0.05) is 0 Å². The van der Waals surface area contributed by atoms with Gasteiger partial charge in [-0.05, 0) is 25.0 Å². The van der Waals surface area contributed by atoms with Crippen LogP contribution in [0.25, 0.3) is 11.3 Å². The first kappa shape index (κ1) is 12.7. The molecule has 1 aliphatic carbocycles. The summed E-state index contributed by atoms with van der Waals surface area (Å²) >= 11 is 0. The fraction of sp³-hybridized carbons (Fsp3) is 0.308. The molecule has 0 bridgehead atoms. The monoisotopic (exact) mass is 276 g/mol. The fourth-order valence-corrected chi connectivity index (χ4v) is 1.95. The number of H-pyrrole nitrogens is 1. The van der Waals surface area contributed by atoms with Crippen LogP contribution in [-0.2, 0) is 6.54 Å². The molecule has 1 aromatic carbocycles. The van der Waals surface area contributed by atoms with Gasteiger partial charge in [-0.3, -0.25) is 10.1 Å². The van der Waals surface area contributed by atoms with Gasteiger partial charge >= 0.3 is 5.69 Å². The second kappa shape index (κ2) is 5.01. The summed E-state index contributed by atoms with van der Waals surface area (Å²) in [5.41, 5.74) is 0.652. The summed E-state index contributed by atoms with van der Waals surface area (Å²) in [6.07, 6.45) is 3.98. The first-order valence-electron chi connectivity index (χ1n) is 6.35. The van der Waals surface area contributed by atoms with Gasteiger partial charge in [0.1, 0.15) is 5.82 Å². The highest BCUT2D eigenvalue weighted by Crippen LogP contribution is 2.25. The van der Waals surface area contributed by atoms with Crippen LogP contribution in [0, 0.1) is 15.9 Å². The van der Waals surface area contributed by atoms with E-state index < -0.39 is 16.4 Å². The van der Waals surface area contributed by atoms with E-state index in [0.717, 1.165) is 11.9 Å². The molecule has 2 aromatic rings. The molecule has 0 aliphatic heterocycles. The minimum Gasteiger partial charge on any atom is -0.341 e. The fourth-order valence-electron chi connectivity index (χ4n) is 1.95. The predicted molar refractivity (Wildman–Crippen MR) is 70.5 cm³/mol. The Kier molecular flexibility index (Phi) is 3.19. The number of nitro benzene ring substituents is 1. The Labute approximate surface area is 114 Å². The van der Waals surface area contributed by atoms with Gasteiger partial charge in [0.25, 0.3) is 0 Å². The smallest absolute Gasteiger partial charge is 0.305 e. The Balaban J connectivity index is 1.81. The van der Waals surface area contributed by atoms with Gasteiger partial charge < -0.3 is 10.3 Å². The van der Waals surface area contributed by atoms with Crippen LogP contribution in [0.1, 0.15) is 18.7 Å². The minimum absolute atomic E-state index is 0.533. The van der Waals surface area contributed by atoms with E-state index in [9.17, 15) is 14.5 Å². The van der Waals surface area contributed by atoms with Crippen molar-refractivity contribution < 1.29 is 9.31 Å². The highest BCUT2D eigenvalue weighted by Gasteiger charge is 2.20. The van der Waals surface area contributed by atoms with Gasteiger partial charge in [0.05, 0.1) is 23.4 Å². The van der Waals surface area contributed by atoms with E-state index in [4.69, 9.17) is 0 Å². The molecule has 0 unspecified atom stereocenters. The minimum atomic E-state index is -0.839. The number of nitro groups is 1. The van der Waals surface area contributed by atoms with Crippen LogP contribution in [0.3, 0.4) is 0 Å².